The van der Waals surface area contributed by atoms with Crippen molar-refractivity contribution in [2.45, 2.75) is 12.5 Å². The van der Waals surface area contributed by atoms with Crippen molar-refractivity contribution in [2.24, 2.45) is 0 Å². The molecule has 4 nitrogen and oxygen atoms in total. The van der Waals surface area contributed by atoms with Gasteiger partial charge in [-0.1, -0.05) is 12.1 Å². The number of anilines is 1. The minimum absolute atomic E-state index is 0.498. The number of nitrogens with one attached hydrogen (secondary N) is 1. The maximum atomic E-state index is 4.35. The first-order valence-electron chi connectivity index (χ1n) is 5.98. The number of para-hydroxylation sites is 1. The zero-order valence-electron chi connectivity index (χ0n) is 9.93. The summed E-state index contributed by atoms with van der Waals surface area (Å²) in [5.74, 6) is 0.955. The number of hydrogen-bond donors (Lipinski definition) is 1. The Hall–Kier alpha value is -1.68. The van der Waals surface area contributed by atoms with Gasteiger partial charge in [-0.2, -0.15) is 0 Å². The van der Waals surface area contributed by atoms with E-state index in [1.165, 1.54) is 6.42 Å². The van der Waals surface area contributed by atoms with Gasteiger partial charge in [0.25, 0.3) is 0 Å². The highest BCUT2D eigenvalue weighted by Gasteiger charge is 2.19. The Labute approximate surface area is 101 Å². The number of likely N-dealkylation sites (N-methyl/N-ethyl adjacent to an activating group) is 1. The van der Waals surface area contributed by atoms with Crippen LogP contribution in [0.1, 0.15) is 6.42 Å². The van der Waals surface area contributed by atoms with Crippen LogP contribution in [-0.2, 0) is 0 Å². The summed E-state index contributed by atoms with van der Waals surface area (Å²) in [6.45, 7) is 2.24. The van der Waals surface area contributed by atoms with Gasteiger partial charge in [0.05, 0.1) is 5.52 Å². The lowest BCUT2D eigenvalue weighted by molar-refractivity contribution is 0.414. The molecule has 0 spiro atoms. The molecule has 1 aliphatic rings. The van der Waals surface area contributed by atoms with Gasteiger partial charge in [0.15, 0.2) is 0 Å². The number of hydrogen-bond acceptors (Lipinski definition) is 4. The van der Waals surface area contributed by atoms with E-state index in [1.54, 1.807) is 6.33 Å². The van der Waals surface area contributed by atoms with Gasteiger partial charge >= 0.3 is 0 Å². The second kappa shape index (κ2) is 4.30. The fourth-order valence-corrected chi connectivity index (χ4v) is 2.37. The average Bonchev–Trinajstić information content (AvgIpc) is 2.75. The standard InChI is InChI=1S/C13H16N4/c1-17-7-6-10(8-17)16-13-11-4-2-3-5-12(11)14-9-15-13/h2-5,9-10H,6-8H2,1H3,(H,14,15,16). The van der Waals surface area contributed by atoms with Crippen LogP contribution in [0.2, 0.25) is 0 Å². The fourth-order valence-electron chi connectivity index (χ4n) is 2.37. The van der Waals surface area contributed by atoms with Crippen LogP contribution in [0.5, 0.6) is 0 Å². The third kappa shape index (κ3) is 2.08. The summed E-state index contributed by atoms with van der Waals surface area (Å²) in [5.41, 5.74) is 0.997. The number of fused-ring (bicyclic) bond motifs is 1. The summed E-state index contributed by atoms with van der Waals surface area (Å²) in [6, 6.07) is 8.61. The van der Waals surface area contributed by atoms with E-state index in [2.05, 4.69) is 33.3 Å². The molecule has 1 aliphatic heterocycles. The number of benzene rings is 1. The van der Waals surface area contributed by atoms with Gasteiger partial charge in [-0.3, -0.25) is 0 Å². The molecule has 1 fully saturated rings. The monoisotopic (exact) mass is 228 g/mol. The van der Waals surface area contributed by atoms with E-state index in [0.29, 0.717) is 6.04 Å². The molecule has 0 amide bonds. The lowest BCUT2D eigenvalue weighted by atomic mass is 10.2. The number of likely N-dealkylation sites (tertiary alicyclic amines) is 1. The molecule has 1 aromatic carbocycles. The Morgan fingerprint density at radius 3 is 3.00 bits per heavy atom. The Kier molecular flexibility index (Phi) is 2.65. The van der Waals surface area contributed by atoms with Crippen molar-refractivity contribution in [2.75, 3.05) is 25.5 Å². The van der Waals surface area contributed by atoms with Gasteiger partial charge in [0, 0.05) is 18.0 Å². The molecule has 88 valence electrons. The van der Waals surface area contributed by atoms with Gasteiger partial charge in [-0.25, -0.2) is 9.97 Å². The van der Waals surface area contributed by atoms with Crippen molar-refractivity contribution in [3.63, 3.8) is 0 Å². The fraction of sp³-hybridized carbons (Fsp3) is 0.385. The van der Waals surface area contributed by atoms with Crippen molar-refractivity contribution in [1.82, 2.24) is 14.9 Å². The molecule has 0 bridgehead atoms. The van der Waals surface area contributed by atoms with E-state index in [9.17, 15) is 0 Å². The smallest absolute Gasteiger partial charge is 0.137 e. The Morgan fingerprint density at radius 1 is 1.29 bits per heavy atom. The second-order valence-electron chi connectivity index (χ2n) is 4.63. The zero-order valence-corrected chi connectivity index (χ0v) is 9.93. The topological polar surface area (TPSA) is 41.0 Å². The first-order chi connectivity index (χ1) is 8.33. The summed E-state index contributed by atoms with van der Waals surface area (Å²) in [7, 11) is 2.15. The molecular formula is C13H16N4. The van der Waals surface area contributed by atoms with Crippen molar-refractivity contribution < 1.29 is 0 Å². The summed E-state index contributed by atoms with van der Waals surface area (Å²) < 4.78 is 0. The number of nitrogens with zero attached hydrogens (tertiary/aromatic N) is 3. The van der Waals surface area contributed by atoms with Crippen LogP contribution < -0.4 is 5.32 Å². The van der Waals surface area contributed by atoms with Crippen LogP contribution in [0, 0.1) is 0 Å². The summed E-state index contributed by atoms with van der Waals surface area (Å²) in [5, 5.41) is 4.62. The Morgan fingerprint density at radius 2 is 2.18 bits per heavy atom. The molecule has 2 aromatic rings. The number of aromatic nitrogens is 2. The highest BCUT2D eigenvalue weighted by atomic mass is 15.2. The molecular weight excluding hydrogens is 212 g/mol. The first-order valence-corrected chi connectivity index (χ1v) is 5.98. The van der Waals surface area contributed by atoms with Crippen LogP contribution in [0.15, 0.2) is 30.6 Å². The van der Waals surface area contributed by atoms with Gasteiger partial charge in [0.1, 0.15) is 12.1 Å². The number of rotatable bonds is 2. The Balaban J connectivity index is 1.90. The molecule has 2 heterocycles. The van der Waals surface area contributed by atoms with E-state index < -0.39 is 0 Å². The average molecular weight is 228 g/mol. The van der Waals surface area contributed by atoms with Crippen molar-refractivity contribution >= 4 is 16.7 Å². The summed E-state index contributed by atoms with van der Waals surface area (Å²) in [4.78, 5) is 11.0. The minimum Gasteiger partial charge on any atom is -0.365 e. The predicted octanol–water partition coefficient (Wildman–Crippen LogP) is 1.75. The van der Waals surface area contributed by atoms with E-state index in [0.717, 1.165) is 29.8 Å². The lowest BCUT2D eigenvalue weighted by Crippen LogP contribution is -2.24. The third-order valence-electron chi connectivity index (χ3n) is 3.28. The van der Waals surface area contributed by atoms with Crippen molar-refractivity contribution in [3.8, 4) is 0 Å². The predicted molar refractivity (Wildman–Crippen MR) is 69.1 cm³/mol. The molecule has 0 saturated carbocycles. The molecule has 0 aliphatic carbocycles. The summed E-state index contributed by atoms with van der Waals surface area (Å²) in [6.07, 6.45) is 2.80. The van der Waals surface area contributed by atoms with Crippen molar-refractivity contribution in [1.29, 1.82) is 0 Å². The van der Waals surface area contributed by atoms with Crippen LogP contribution in [-0.4, -0.2) is 41.0 Å². The lowest BCUT2D eigenvalue weighted by Gasteiger charge is -2.14. The van der Waals surface area contributed by atoms with Gasteiger partial charge in [0.2, 0.25) is 0 Å². The van der Waals surface area contributed by atoms with Gasteiger partial charge in [-0.05, 0) is 32.1 Å². The van der Waals surface area contributed by atoms with Crippen LogP contribution in [0.25, 0.3) is 10.9 Å². The third-order valence-corrected chi connectivity index (χ3v) is 3.28. The molecule has 0 radical (unpaired) electrons. The molecule has 1 aromatic heterocycles. The molecule has 17 heavy (non-hydrogen) atoms. The normalized spacial score (nSPS) is 20.9. The molecule has 1 N–H and O–H groups in total. The maximum absolute atomic E-state index is 4.35. The van der Waals surface area contributed by atoms with Gasteiger partial charge < -0.3 is 10.2 Å². The van der Waals surface area contributed by atoms with Crippen LogP contribution in [0.3, 0.4) is 0 Å². The largest absolute Gasteiger partial charge is 0.365 e. The highest BCUT2D eigenvalue weighted by Crippen LogP contribution is 2.21. The SMILES string of the molecule is CN1CCC(Nc2ncnc3ccccc23)C1. The van der Waals surface area contributed by atoms with E-state index in [1.807, 2.05) is 18.2 Å². The Bertz CT molecular complexity index is 520. The summed E-state index contributed by atoms with van der Waals surface area (Å²) >= 11 is 0. The van der Waals surface area contributed by atoms with Crippen LogP contribution in [0.4, 0.5) is 5.82 Å². The van der Waals surface area contributed by atoms with Gasteiger partial charge in [-0.15, -0.1) is 0 Å². The molecule has 1 unspecified atom stereocenters. The molecule has 3 rings (SSSR count). The molecule has 4 heteroatoms. The van der Waals surface area contributed by atoms with E-state index in [4.69, 9.17) is 0 Å². The second-order valence-corrected chi connectivity index (χ2v) is 4.63. The maximum Gasteiger partial charge on any atom is 0.137 e. The minimum atomic E-state index is 0.498. The quantitative estimate of drug-likeness (QED) is 0.850. The van der Waals surface area contributed by atoms with Crippen molar-refractivity contribution in [3.05, 3.63) is 30.6 Å². The zero-order chi connectivity index (χ0) is 11.7. The molecule has 1 atom stereocenters. The van der Waals surface area contributed by atoms with Crippen LogP contribution >= 0.6 is 0 Å². The first kappa shape index (κ1) is 10.5. The highest BCUT2D eigenvalue weighted by molar-refractivity contribution is 5.88. The van der Waals surface area contributed by atoms with E-state index >= 15 is 0 Å². The van der Waals surface area contributed by atoms with E-state index in [-0.39, 0.29) is 0 Å². The molecule has 1 saturated heterocycles.